The highest BCUT2D eigenvalue weighted by Crippen LogP contribution is 2.25. The number of fused-ring (bicyclic) bond motifs is 1. The van der Waals surface area contributed by atoms with Crippen LogP contribution in [0.2, 0.25) is 0 Å². The highest BCUT2D eigenvalue weighted by atomic mass is 16.5. The number of nitrogens with one attached hydrogen (secondary N) is 8. The Balaban J connectivity index is 1.52. The van der Waals surface area contributed by atoms with Crippen molar-refractivity contribution in [2.45, 2.75) is 159 Å². The molecule has 9 atom stereocenters. The van der Waals surface area contributed by atoms with Crippen LogP contribution in [-0.4, -0.2) is 173 Å². The first-order valence-electron chi connectivity index (χ1n) is 29.5. The monoisotopic (exact) mass is 1240 g/mol. The van der Waals surface area contributed by atoms with Crippen molar-refractivity contribution < 1.29 is 72.5 Å². The van der Waals surface area contributed by atoms with Crippen molar-refractivity contribution >= 4 is 76.8 Å². The number of benzene rings is 3. The number of hydrogen-bond acceptors (Lipinski definition) is 16. The lowest BCUT2D eigenvalue weighted by molar-refractivity contribution is -0.159. The van der Waals surface area contributed by atoms with Gasteiger partial charge in [-0.3, -0.25) is 57.7 Å². The number of primary amides is 1. The summed E-state index contributed by atoms with van der Waals surface area (Å²) in [5, 5.41) is 41.2. The maximum absolute atomic E-state index is 14.4. The van der Waals surface area contributed by atoms with Gasteiger partial charge in [0.1, 0.15) is 54.6 Å². The largest absolute Gasteiger partial charge is 0.508 e. The topological polar surface area (TPSA) is 444 Å². The van der Waals surface area contributed by atoms with Crippen molar-refractivity contribution in [1.29, 1.82) is 0 Å². The number of nitrogens with two attached hydrogens (primary N) is 3. The number of phenolic OH excluding ortho intramolecular Hbond substituents is 1. The first-order valence-corrected chi connectivity index (χ1v) is 29.5. The van der Waals surface area contributed by atoms with Crippen molar-refractivity contribution in [1.82, 2.24) is 47.4 Å². The Labute approximate surface area is 515 Å². The van der Waals surface area contributed by atoms with Crippen LogP contribution in [0.3, 0.4) is 0 Å². The molecule has 482 valence electrons. The number of ketones is 1. The average Bonchev–Trinajstić information content (AvgIpc) is 2.93. The van der Waals surface area contributed by atoms with Crippen molar-refractivity contribution in [3.8, 4) is 5.75 Å². The highest BCUT2D eigenvalue weighted by Gasteiger charge is 2.43. The second kappa shape index (κ2) is 34.2. The molecule has 28 nitrogen and oxygen atoms in total. The summed E-state index contributed by atoms with van der Waals surface area (Å²) in [4.78, 5) is 172. The van der Waals surface area contributed by atoms with Gasteiger partial charge in [-0.15, -0.1) is 0 Å². The Morgan fingerprint density at radius 2 is 1.26 bits per heavy atom. The third-order valence-electron chi connectivity index (χ3n) is 14.9. The van der Waals surface area contributed by atoms with Crippen LogP contribution in [0.5, 0.6) is 5.75 Å². The summed E-state index contributed by atoms with van der Waals surface area (Å²) in [5.41, 5.74) is 16.6. The van der Waals surface area contributed by atoms with Gasteiger partial charge >= 0.3 is 5.97 Å². The minimum Gasteiger partial charge on any atom is -0.508 e. The number of esters is 1. The van der Waals surface area contributed by atoms with Gasteiger partial charge in [0.05, 0.1) is 18.1 Å². The number of piperidine rings is 1. The molecule has 89 heavy (non-hydrogen) atoms. The molecule has 0 saturated carbocycles. The number of ether oxygens (including phenoxy) is 1. The summed E-state index contributed by atoms with van der Waals surface area (Å²) >= 11 is 0. The van der Waals surface area contributed by atoms with Gasteiger partial charge in [0.25, 0.3) is 5.91 Å². The number of aliphatic imine (C=N–C) groups is 1. The number of aromatic hydroxyl groups is 1. The lowest BCUT2D eigenvalue weighted by Gasteiger charge is -2.36. The number of aliphatic hydroxyl groups excluding tert-OH is 1. The summed E-state index contributed by atoms with van der Waals surface area (Å²) < 4.78 is 5.72. The number of cyclic esters (lactones) is 1. The molecule has 16 N–H and O–H groups in total. The van der Waals surface area contributed by atoms with Gasteiger partial charge in [-0.05, 0) is 108 Å². The summed E-state index contributed by atoms with van der Waals surface area (Å²) in [7, 11) is 0. The van der Waals surface area contributed by atoms with Gasteiger partial charge in [-0.1, -0.05) is 72.8 Å². The van der Waals surface area contributed by atoms with E-state index < -0.39 is 157 Å². The molecule has 0 bridgehead atoms. The van der Waals surface area contributed by atoms with Crippen molar-refractivity contribution in [3.63, 3.8) is 0 Å². The van der Waals surface area contributed by atoms with Crippen LogP contribution in [-0.2, 0) is 81.5 Å². The van der Waals surface area contributed by atoms with Gasteiger partial charge in [0.2, 0.25) is 58.9 Å². The van der Waals surface area contributed by atoms with E-state index >= 15 is 0 Å². The van der Waals surface area contributed by atoms with Gasteiger partial charge in [-0.2, -0.15) is 0 Å². The molecule has 0 unspecified atom stereocenters. The second-order valence-electron chi connectivity index (χ2n) is 22.8. The molecule has 0 radical (unpaired) electrons. The second-order valence-corrected chi connectivity index (χ2v) is 22.8. The lowest BCUT2D eigenvalue weighted by Crippen LogP contribution is -2.60. The number of guanidine groups is 1. The number of aryl methyl sites for hydroxylation is 1. The van der Waals surface area contributed by atoms with E-state index in [0.29, 0.717) is 30.4 Å². The van der Waals surface area contributed by atoms with Crippen LogP contribution in [0, 0.1) is 5.41 Å². The number of amides is 10. The number of hydrogen-bond donors (Lipinski definition) is 13. The standard InChI is InChI=1S/C61H83N13O15/c1-35-52(81)72-45(31-38-16-9-6-10-17-38)59(88)89-34-61(3,4)51(80)58(87)74-29-12-11-19-46(74)56(85)68-40(23-20-37-14-7-5-8-15-37)32-48(78)69-43(26-27-47(62)77)53(82)66-33-49(79)73-50(36(2)75)57(86)70-42(18-13-28-65-60(63)64)54(83)71-44(55(84)67-35)30-39-21-24-41(76)25-22-39/h5-10,14-17,21-22,24-25,35-36,40,42-46,50,75-76H,11-13,18-20,23,26-34H2,1-4H3,(H2,62,77)(H,66,82)(H,67,84)(H,68,85)(H,69,78)(H,70,86)(H,71,83)(H,72,81)(H,73,79)(H4,63,64,65)/t35-,36-,40+,42-,43-,44-,45-,46-,50+/m0/s1. The Bertz CT molecular complexity index is 3020. The van der Waals surface area contributed by atoms with Gasteiger partial charge < -0.3 is 79.6 Å². The van der Waals surface area contributed by atoms with Crippen LogP contribution >= 0.6 is 0 Å². The summed E-state index contributed by atoms with van der Waals surface area (Å²) in [5.74, 6) is -11.6. The Morgan fingerprint density at radius 1 is 0.663 bits per heavy atom. The van der Waals surface area contributed by atoms with Crippen LogP contribution in [0.15, 0.2) is 89.9 Å². The molecule has 2 aliphatic heterocycles. The molecule has 0 spiro atoms. The molecule has 5 rings (SSSR count). The van der Waals surface area contributed by atoms with E-state index in [4.69, 9.17) is 21.9 Å². The summed E-state index contributed by atoms with van der Waals surface area (Å²) in [6.45, 7) is 3.66. The molecule has 0 aromatic heterocycles. The van der Waals surface area contributed by atoms with E-state index in [9.17, 15) is 67.7 Å². The minimum absolute atomic E-state index is 0.00140. The molecule has 2 fully saturated rings. The third-order valence-corrected chi connectivity index (χ3v) is 14.9. The Kier molecular flexibility index (Phi) is 27.0. The van der Waals surface area contributed by atoms with Gasteiger partial charge in [-0.25, -0.2) is 4.79 Å². The maximum atomic E-state index is 14.4. The molecule has 2 saturated heterocycles. The highest BCUT2D eigenvalue weighted by molar-refractivity contribution is 6.38. The predicted molar refractivity (Wildman–Crippen MR) is 323 cm³/mol. The predicted octanol–water partition coefficient (Wildman–Crippen LogP) is -2.04. The number of Topliss-reactive ketones (excluding diaryl/α,β-unsaturated/α-hetero) is 1. The molecule has 10 amide bonds. The van der Waals surface area contributed by atoms with Crippen LogP contribution in [0.25, 0.3) is 0 Å². The smallest absolute Gasteiger partial charge is 0.329 e. The Hall–Kier alpha value is -9.47. The van der Waals surface area contributed by atoms with Crippen molar-refractivity contribution in [2.75, 3.05) is 26.2 Å². The Morgan fingerprint density at radius 3 is 1.90 bits per heavy atom. The fourth-order valence-electron chi connectivity index (χ4n) is 9.85. The third kappa shape index (κ3) is 23.0. The van der Waals surface area contributed by atoms with Crippen LogP contribution in [0.1, 0.15) is 102 Å². The van der Waals surface area contributed by atoms with Crippen molar-refractivity contribution in [3.05, 3.63) is 102 Å². The fourth-order valence-corrected chi connectivity index (χ4v) is 9.85. The van der Waals surface area contributed by atoms with Gasteiger partial charge in [0.15, 0.2) is 5.96 Å². The van der Waals surface area contributed by atoms with E-state index in [-0.39, 0.29) is 69.7 Å². The van der Waals surface area contributed by atoms with Gasteiger partial charge in [0, 0.05) is 44.8 Å². The first kappa shape index (κ1) is 70.3. The molecular weight excluding hydrogens is 1150 g/mol. The van der Waals surface area contributed by atoms with Crippen molar-refractivity contribution in [2.24, 2.45) is 27.6 Å². The molecule has 28 heteroatoms. The molecule has 0 aliphatic carbocycles. The quantitative estimate of drug-likeness (QED) is 0.0256. The van der Waals surface area contributed by atoms with E-state index in [1.807, 2.05) is 30.3 Å². The van der Waals surface area contributed by atoms with E-state index in [0.717, 1.165) is 17.4 Å². The normalized spacial score (nSPS) is 24.1. The zero-order chi connectivity index (χ0) is 65.4. The zero-order valence-electron chi connectivity index (χ0n) is 50.4. The zero-order valence-corrected chi connectivity index (χ0v) is 50.4. The molecule has 2 aliphatic rings. The lowest BCUT2D eigenvalue weighted by atomic mass is 9.87. The number of aliphatic hydroxyl groups is 1. The molecular formula is C61H83N13O15. The maximum Gasteiger partial charge on any atom is 0.329 e. The average molecular weight is 1240 g/mol. The van der Waals surface area contributed by atoms with Crippen LogP contribution in [0.4, 0.5) is 0 Å². The summed E-state index contributed by atoms with van der Waals surface area (Å²) in [6, 6.07) is 11.9. The molecule has 2 heterocycles. The number of carbonyl (C=O) groups is 12. The van der Waals surface area contributed by atoms with E-state index in [2.05, 4.69) is 47.5 Å². The van der Waals surface area contributed by atoms with Crippen LogP contribution < -0.4 is 59.7 Å². The number of nitrogens with zero attached hydrogens (tertiary/aromatic N) is 2. The number of phenols is 1. The fraction of sp³-hybridized carbons (Fsp3) is 0.492. The first-order chi connectivity index (χ1) is 42.2. The van der Waals surface area contributed by atoms with E-state index in [1.165, 1.54) is 45.0 Å². The minimum atomic E-state index is -1.79. The number of carbonyl (C=O) groups excluding carboxylic acids is 12. The number of rotatable bonds is 15. The molecule has 3 aromatic carbocycles. The SMILES string of the molecule is C[C@@H]1NC(=O)[C@H](Cc2ccc(O)cc2)NC(=O)[C@H](CCCN=C(N)N)NC(=O)[C@@H]([C@H](C)O)NC(=O)CNC(=O)[C@H](CCC(N)=O)NC(=O)C[C@@H](CCc2ccccc2)NC(=O)[C@@H]2CCCCN2C(=O)C(=O)C(C)(C)COC(=O)[C@H](Cc2ccccc2)NC1=O. The van der Waals surface area contributed by atoms with E-state index in [1.54, 1.807) is 30.3 Å². The molecule has 3 aromatic rings. The summed E-state index contributed by atoms with van der Waals surface area (Å²) in [6.07, 6.45) is -1.79.